The normalized spacial score (nSPS) is 14.2. The largest absolute Gasteiger partial charge is 0.389 e. The Hall–Kier alpha value is -3.73. The maximum Gasteiger partial charge on any atom is 0.230 e. The van der Waals surface area contributed by atoms with Crippen LogP contribution in [0, 0.1) is 18.6 Å². The predicted octanol–water partition coefficient (Wildman–Crippen LogP) is 3.38. The Morgan fingerprint density at radius 1 is 1.00 bits per heavy atom. The summed E-state index contributed by atoms with van der Waals surface area (Å²) in [6.07, 6.45) is 3.92. The van der Waals surface area contributed by atoms with E-state index in [0.717, 1.165) is 11.9 Å². The Kier molecular flexibility index (Phi) is 5.12. The average Bonchev–Trinajstić information content (AvgIpc) is 3.10. The van der Waals surface area contributed by atoms with E-state index in [1.807, 2.05) is 30.2 Å². The molecule has 5 rings (SSSR count). The van der Waals surface area contributed by atoms with Gasteiger partial charge in [0, 0.05) is 24.7 Å². The number of nitrogens with zero attached hydrogens (tertiary/aromatic N) is 7. The van der Waals surface area contributed by atoms with E-state index >= 15 is 0 Å². The van der Waals surface area contributed by atoms with E-state index in [9.17, 15) is 13.9 Å². The van der Waals surface area contributed by atoms with Crippen LogP contribution < -0.4 is 10.2 Å². The molecule has 0 saturated carbocycles. The van der Waals surface area contributed by atoms with Crippen molar-refractivity contribution in [2.45, 2.75) is 32.9 Å². The molecule has 0 aliphatic carbocycles. The highest BCUT2D eigenvalue weighted by atomic mass is 19.1. The summed E-state index contributed by atoms with van der Waals surface area (Å²) < 4.78 is 31.4. The third kappa shape index (κ3) is 3.84. The van der Waals surface area contributed by atoms with E-state index in [1.165, 1.54) is 6.07 Å². The van der Waals surface area contributed by atoms with Gasteiger partial charge in [0.2, 0.25) is 11.9 Å². The minimum Gasteiger partial charge on any atom is -0.389 e. The Morgan fingerprint density at radius 3 is 2.36 bits per heavy atom. The Labute approximate surface area is 188 Å². The number of β-amino-alcohol motifs (C(OH)–C–C–N with tert-alkyl or cyclic N) is 1. The predicted molar refractivity (Wildman–Crippen MR) is 119 cm³/mol. The summed E-state index contributed by atoms with van der Waals surface area (Å²) in [5, 5.41) is 12.3. The summed E-state index contributed by atoms with van der Waals surface area (Å²) >= 11 is 0. The molecule has 1 saturated heterocycles. The molecule has 4 aromatic rings. The molecule has 3 aromatic heterocycles. The number of nitrogens with one attached hydrogen (secondary N) is 1. The van der Waals surface area contributed by atoms with Crippen LogP contribution in [0.4, 0.5) is 26.4 Å². The van der Waals surface area contributed by atoms with Crippen LogP contribution in [0.25, 0.3) is 22.3 Å². The van der Waals surface area contributed by atoms with E-state index < -0.39 is 11.6 Å². The van der Waals surface area contributed by atoms with Crippen LogP contribution in [0.1, 0.15) is 25.7 Å². The molecule has 0 atom stereocenters. The smallest absolute Gasteiger partial charge is 0.230 e. The first-order valence-electron chi connectivity index (χ1n) is 10.5. The number of halogens is 2. The maximum atomic E-state index is 14.8. The van der Waals surface area contributed by atoms with E-state index in [0.29, 0.717) is 24.4 Å². The molecule has 1 fully saturated rings. The molecule has 2 N–H and O–H groups in total. The van der Waals surface area contributed by atoms with Crippen molar-refractivity contribution in [2.24, 2.45) is 0 Å². The molecule has 4 heterocycles. The second kappa shape index (κ2) is 8.00. The van der Waals surface area contributed by atoms with Crippen molar-refractivity contribution in [3.05, 3.63) is 48.2 Å². The fourth-order valence-electron chi connectivity index (χ4n) is 4.00. The van der Waals surface area contributed by atoms with Crippen molar-refractivity contribution < 1.29 is 13.9 Å². The fourth-order valence-corrected chi connectivity index (χ4v) is 4.00. The molecule has 11 heteroatoms. The summed E-state index contributed by atoms with van der Waals surface area (Å²) in [7, 11) is 0. The standard InChI is InChI=1S/C22H22F2N8O/c1-11(2)32-12(3)28-20-16(23)4-13(5-18(20)32)19-17(24)8-27-22(29-19)30-21-25-6-14(7-26-21)31-9-15(33)10-31/h4-8,11,15,33H,9-10H2,1-3H3,(H,25,26,27,29,30). The fraction of sp³-hybridized carbons (Fsp3) is 0.318. The molecule has 1 aliphatic rings. The lowest BCUT2D eigenvalue weighted by Crippen LogP contribution is -2.50. The number of hydrogen-bond donors (Lipinski definition) is 2. The SMILES string of the molecule is Cc1nc2c(F)cc(-c3nc(Nc4ncc(N5CC(O)C5)cn4)ncc3F)cc2n1C(C)C. The molecule has 0 amide bonds. The number of hydrogen-bond acceptors (Lipinski definition) is 8. The van der Waals surface area contributed by atoms with Gasteiger partial charge in [0.25, 0.3) is 0 Å². The number of aliphatic hydroxyl groups excluding tert-OH is 1. The van der Waals surface area contributed by atoms with Crippen molar-refractivity contribution in [2.75, 3.05) is 23.3 Å². The monoisotopic (exact) mass is 452 g/mol. The second-order valence-electron chi connectivity index (χ2n) is 8.29. The van der Waals surface area contributed by atoms with E-state index in [4.69, 9.17) is 0 Å². The third-order valence-corrected chi connectivity index (χ3v) is 5.55. The molecular weight excluding hydrogens is 430 g/mol. The van der Waals surface area contributed by atoms with Crippen molar-refractivity contribution in [1.29, 1.82) is 0 Å². The van der Waals surface area contributed by atoms with Gasteiger partial charge in [-0.25, -0.2) is 33.7 Å². The van der Waals surface area contributed by atoms with Gasteiger partial charge in [0.1, 0.15) is 17.0 Å². The highest BCUT2D eigenvalue weighted by Crippen LogP contribution is 2.30. The third-order valence-electron chi connectivity index (χ3n) is 5.55. The Bertz CT molecular complexity index is 1330. The highest BCUT2D eigenvalue weighted by Gasteiger charge is 2.25. The van der Waals surface area contributed by atoms with E-state index in [2.05, 4.69) is 30.2 Å². The van der Waals surface area contributed by atoms with Crippen LogP contribution in [0.3, 0.4) is 0 Å². The van der Waals surface area contributed by atoms with E-state index in [-0.39, 0.29) is 40.8 Å². The lowest BCUT2D eigenvalue weighted by Gasteiger charge is -2.37. The summed E-state index contributed by atoms with van der Waals surface area (Å²) in [5.74, 6) is -0.248. The number of anilines is 3. The first-order chi connectivity index (χ1) is 15.8. The zero-order valence-corrected chi connectivity index (χ0v) is 18.3. The van der Waals surface area contributed by atoms with Gasteiger partial charge in [-0.15, -0.1) is 0 Å². The van der Waals surface area contributed by atoms with Crippen molar-refractivity contribution in [3.8, 4) is 11.3 Å². The van der Waals surface area contributed by atoms with Gasteiger partial charge < -0.3 is 14.6 Å². The molecular formula is C22H22F2N8O. The quantitative estimate of drug-likeness (QED) is 0.475. The number of aryl methyl sites for hydroxylation is 1. The summed E-state index contributed by atoms with van der Waals surface area (Å²) in [4.78, 5) is 22.9. The number of fused-ring (bicyclic) bond motifs is 1. The van der Waals surface area contributed by atoms with Gasteiger partial charge in [0.05, 0.1) is 35.9 Å². The highest BCUT2D eigenvalue weighted by molar-refractivity contribution is 5.83. The van der Waals surface area contributed by atoms with Crippen molar-refractivity contribution >= 4 is 28.6 Å². The zero-order valence-electron chi connectivity index (χ0n) is 18.3. The molecule has 9 nitrogen and oxygen atoms in total. The Morgan fingerprint density at radius 2 is 1.70 bits per heavy atom. The number of aliphatic hydroxyl groups is 1. The van der Waals surface area contributed by atoms with Gasteiger partial charge >= 0.3 is 0 Å². The number of aromatic nitrogens is 6. The van der Waals surface area contributed by atoms with Crippen LogP contribution >= 0.6 is 0 Å². The lowest BCUT2D eigenvalue weighted by molar-refractivity contribution is 0.142. The van der Waals surface area contributed by atoms with Gasteiger partial charge in [-0.05, 0) is 32.9 Å². The molecule has 1 aromatic carbocycles. The van der Waals surface area contributed by atoms with Crippen molar-refractivity contribution in [1.82, 2.24) is 29.5 Å². The molecule has 0 unspecified atom stereocenters. The molecule has 0 bridgehead atoms. The number of rotatable bonds is 5. The average molecular weight is 452 g/mol. The van der Waals surface area contributed by atoms with Gasteiger partial charge in [-0.1, -0.05) is 0 Å². The van der Waals surface area contributed by atoms with Crippen LogP contribution in [0.15, 0.2) is 30.7 Å². The first-order valence-corrected chi connectivity index (χ1v) is 10.5. The minimum absolute atomic E-state index is 0.0475. The summed E-state index contributed by atoms with van der Waals surface area (Å²) in [5.41, 5.74) is 1.82. The van der Waals surface area contributed by atoms with Crippen molar-refractivity contribution in [3.63, 3.8) is 0 Å². The van der Waals surface area contributed by atoms with Gasteiger partial charge in [0.15, 0.2) is 11.6 Å². The molecule has 170 valence electrons. The van der Waals surface area contributed by atoms with Crippen LogP contribution in [0.2, 0.25) is 0 Å². The molecule has 1 aliphatic heterocycles. The molecule has 33 heavy (non-hydrogen) atoms. The maximum absolute atomic E-state index is 14.8. The number of benzene rings is 1. The zero-order chi connectivity index (χ0) is 23.3. The van der Waals surface area contributed by atoms with Crippen LogP contribution in [-0.4, -0.2) is 53.8 Å². The summed E-state index contributed by atoms with van der Waals surface area (Å²) in [6, 6.07) is 2.96. The second-order valence-corrected chi connectivity index (χ2v) is 8.29. The first kappa shape index (κ1) is 21.1. The minimum atomic E-state index is -0.681. The van der Waals surface area contributed by atoms with E-state index in [1.54, 1.807) is 18.5 Å². The van der Waals surface area contributed by atoms with Gasteiger partial charge in [-0.3, -0.25) is 5.32 Å². The molecule has 0 radical (unpaired) electrons. The summed E-state index contributed by atoms with van der Waals surface area (Å²) in [6.45, 7) is 6.83. The lowest BCUT2D eigenvalue weighted by atomic mass is 10.1. The topological polar surface area (TPSA) is 105 Å². The number of imidazole rings is 1. The molecule has 0 spiro atoms. The van der Waals surface area contributed by atoms with Crippen LogP contribution in [0.5, 0.6) is 0 Å². The van der Waals surface area contributed by atoms with Crippen LogP contribution in [-0.2, 0) is 0 Å². The van der Waals surface area contributed by atoms with Gasteiger partial charge in [-0.2, -0.15) is 0 Å². The Balaban J connectivity index is 1.46.